The predicted octanol–water partition coefficient (Wildman–Crippen LogP) is 2.66. The molecular formula is C15H26O5. The minimum absolute atomic E-state index is 0.119. The number of carbonyl (C=O) groups is 2. The highest BCUT2D eigenvalue weighted by Gasteiger charge is 2.55. The van der Waals surface area contributed by atoms with Gasteiger partial charge in [-0.25, -0.2) is 0 Å². The Kier molecular flexibility index (Phi) is 6.46. The Morgan fingerprint density at radius 3 is 2.35 bits per heavy atom. The van der Waals surface area contributed by atoms with Gasteiger partial charge in [0.2, 0.25) is 0 Å². The van der Waals surface area contributed by atoms with Crippen LogP contribution >= 0.6 is 0 Å². The summed E-state index contributed by atoms with van der Waals surface area (Å²) in [4.78, 5) is 23.0. The van der Waals surface area contributed by atoms with E-state index >= 15 is 0 Å². The van der Waals surface area contributed by atoms with Crippen molar-refractivity contribution in [2.75, 3.05) is 0 Å². The smallest absolute Gasteiger partial charge is 0.321 e. The topological polar surface area (TPSA) is 94.8 Å². The standard InChI is InChI=1S/C15H26O5/c1-2-3-4-5-9-12(16)11-8-6-7-10-15(11,13(17)18)14(19)20/h11-12,16H,2-10H2,1H3,(H,17,18)(H,19,20). The molecule has 0 aromatic carbocycles. The summed E-state index contributed by atoms with van der Waals surface area (Å²) in [5.41, 5.74) is -1.80. The highest BCUT2D eigenvalue weighted by atomic mass is 16.4. The van der Waals surface area contributed by atoms with E-state index in [0.717, 1.165) is 32.1 Å². The number of rotatable bonds is 8. The van der Waals surface area contributed by atoms with Crippen molar-refractivity contribution in [3.63, 3.8) is 0 Å². The first kappa shape index (κ1) is 17.0. The molecule has 0 amide bonds. The van der Waals surface area contributed by atoms with Crippen molar-refractivity contribution >= 4 is 11.9 Å². The first-order valence-corrected chi connectivity index (χ1v) is 7.61. The van der Waals surface area contributed by atoms with Crippen LogP contribution in [0.5, 0.6) is 0 Å². The molecule has 0 aromatic rings. The molecule has 0 spiro atoms. The molecule has 5 heteroatoms. The summed E-state index contributed by atoms with van der Waals surface area (Å²) in [5.74, 6) is -3.28. The third kappa shape index (κ3) is 3.51. The van der Waals surface area contributed by atoms with E-state index in [4.69, 9.17) is 0 Å². The first-order valence-electron chi connectivity index (χ1n) is 7.61. The molecule has 116 valence electrons. The van der Waals surface area contributed by atoms with Crippen LogP contribution < -0.4 is 0 Å². The van der Waals surface area contributed by atoms with E-state index in [9.17, 15) is 24.9 Å². The fraction of sp³-hybridized carbons (Fsp3) is 0.867. The average molecular weight is 286 g/mol. The zero-order chi connectivity index (χ0) is 15.2. The Morgan fingerprint density at radius 2 is 1.80 bits per heavy atom. The number of unbranched alkanes of at least 4 members (excludes halogenated alkanes) is 3. The molecule has 20 heavy (non-hydrogen) atoms. The number of hydrogen-bond donors (Lipinski definition) is 3. The van der Waals surface area contributed by atoms with Crippen molar-refractivity contribution in [2.24, 2.45) is 11.3 Å². The zero-order valence-corrected chi connectivity index (χ0v) is 12.2. The Morgan fingerprint density at radius 1 is 1.15 bits per heavy atom. The van der Waals surface area contributed by atoms with Crippen LogP contribution in [-0.2, 0) is 9.59 Å². The Labute approximate surface area is 120 Å². The summed E-state index contributed by atoms with van der Waals surface area (Å²) in [7, 11) is 0. The molecule has 0 heterocycles. The largest absolute Gasteiger partial charge is 0.480 e. The second-order valence-electron chi connectivity index (χ2n) is 5.85. The lowest BCUT2D eigenvalue weighted by molar-refractivity contribution is -0.177. The van der Waals surface area contributed by atoms with Gasteiger partial charge >= 0.3 is 11.9 Å². The van der Waals surface area contributed by atoms with Gasteiger partial charge in [-0.3, -0.25) is 9.59 Å². The molecule has 3 N–H and O–H groups in total. The molecule has 1 rings (SSSR count). The number of carboxylic acid groups (broad SMARTS) is 2. The Balaban J connectivity index is 2.76. The molecule has 0 aliphatic heterocycles. The van der Waals surface area contributed by atoms with E-state index < -0.39 is 29.4 Å². The van der Waals surface area contributed by atoms with Crippen LogP contribution in [0.4, 0.5) is 0 Å². The van der Waals surface area contributed by atoms with E-state index in [1.54, 1.807) is 0 Å². The average Bonchev–Trinajstić information content (AvgIpc) is 2.42. The van der Waals surface area contributed by atoms with Crippen molar-refractivity contribution in [1.29, 1.82) is 0 Å². The molecule has 0 saturated heterocycles. The van der Waals surface area contributed by atoms with Crippen molar-refractivity contribution in [1.82, 2.24) is 0 Å². The molecule has 1 saturated carbocycles. The van der Waals surface area contributed by atoms with Gasteiger partial charge in [0.05, 0.1) is 6.10 Å². The van der Waals surface area contributed by atoms with E-state index in [-0.39, 0.29) is 6.42 Å². The third-order valence-corrected chi connectivity index (χ3v) is 4.55. The van der Waals surface area contributed by atoms with E-state index in [1.807, 2.05) is 0 Å². The van der Waals surface area contributed by atoms with E-state index in [1.165, 1.54) is 0 Å². The van der Waals surface area contributed by atoms with Gasteiger partial charge in [0.15, 0.2) is 5.41 Å². The summed E-state index contributed by atoms with van der Waals surface area (Å²) in [6.07, 6.45) is 5.63. The highest BCUT2D eigenvalue weighted by Crippen LogP contribution is 2.44. The van der Waals surface area contributed by atoms with Crippen LogP contribution in [0.25, 0.3) is 0 Å². The lowest BCUT2D eigenvalue weighted by Gasteiger charge is -2.39. The Bertz CT molecular complexity index is 325. The normalized spacial score (nSPS) is 23.2. The van der Waals surface area contributed by atoms with Crippen LogP contribution in [0.2, 0.25) is 0 Å². The molecule has 2 atom stereocenters. The third-order valence-electron chi connectivity index (χ3n) is 4.55. The summed E-state index contributed by atoms with van der Waals surface area (Å²) < 4.78 is 0. The molecular weight excluding hydrogens is 260 g/mol. The van der Waals surface area contributed by atoms with E-state index in [0.29, 0.717) is 19.3 Å². The van der Waals surface area contributed by atoms with Gasteiger partial charge < -0.3 is 15.3 Å². The molecule has 2 unspecified atom stereocenters. The van der Waals surface area contributed by atoms with Gasteiger partial charge in [0.1, 0.15) is 0 Å². The van der Waals surface area contributed by atoms with Crippen LogP contribution in [-0.4, -0.2) is 33.4 Å². The van der Waals surface area contributed by atoms with Gasteiger partial charge in [-0.15, -0.1) is 0 Å². The van der Waals surface area contributed by atoms with Gasteiger partial charge in [0, 0.05) is 5.92 Å². The summed E-state index contributed by atoms with van der Waals surface area (Å²) in [5, 5.41) is 29.1. The van der Waals surface area contributed by atoms with Gasteiger partial charge in [-0.2, -0.15) is 0 Å². The van der Waals surface area contributed by atoms with Crippen molar-refractivity contribution in [3.05, 3.63) is 0 Å². The quantitative estimate of drug-likeness (QED) is 0.471. The highest BCUT2D eigenvalue weighted by molar-refractivity contribution is 5.98. The minimum Gasteiger partial charge on any atom is -0.480 e. The predicted molar refractivity (Wildman–Crippen MR) is 74.4 cm³/mol. The lowest BCUT2D eigenvalue weighted by atomic mass is 9.63. The first-order chi connectivity index (χ1) is 9.46. The fourth-order valence-electron chi connectivity index (χ4n) is 3.32. The Hall–Kier alpha value is -1.10. The number of hydrogen-bond acceptors (Lipinski definition) is 3. The summed E-state index contributed by atoms with van der Waals surface area (Å²) >= 11 is 0. The van der Waals surface area contributed by atoms with E-state index in [2.05, 4.69) is 6.92 Å². The van der Waals surface area contributed by atoms with Crippen LogP contribution in [0, 0.1) is 11.3 Å². The number of carboxylic acids is 2. The second kappa shape index (κ2) is 7.62. The van der Waals surface area contributed by atoms with Gasteiger partial charge in [-0.05, 0) is 19.3 Å². The van der Waals surface area contributed by atoms with Gasteiger partial charge in [-0.1, -0.05) is 45.4 Å². The summed E-state index contributed by atoms with van der Waals surface area (Å²) in [6.45, 7) is 2.09. The molecule has 0 bridgehead atoms. The molecule has 0 aromatic heterocycles. The molecule has 0 radical (unpaired) electrons. The monoisotopic (exact) mass is 286 g/mol. The van der Waals surface area contributed by atoms with Crippen molar-refractivity contribution < 1.29 is 24.9 Å². The van der Waals surface area contributed by atoms with Crippen molar-refractivity contribution in [3.8, 4) is 0 Å². The lowest BCUT2D eigenvalue weighted by Crippen LogP contribution is -2.51. The number of aliphatic carboxylic acids is 2. The fourth-order valence-corrected chi connectivity index (χ4v) is 3.32. The van der Waals surface area contributed by atoms with Crippen molar-refractivity contribution in [2.45, 2.75) is 70.8 Å². The number of aliphatic hydroxyl groups excluding tert-OH is 1. The number of aliphatic hydroxyl groups is 1. The van der Waals surface area contributed by atoms with Gasteiger partial charge in [0.25, 0.3) is 0 Å². The second-order valence-corrected chi connectivity index (χ2v) is 5.85. The molecule has 1 aliphatic rings. The maximum atomic E-state index is 11.5. The minimum atomic E-state index is -1.80. The maximum absolute atomic E-state index is 11.5. The molecule has 5 nitrogen and oxygen atoms in total. The maximum Gasteiger partial charge on any atom is 0.321 e. The molecule has 1 fully saturated rings. The molecule has 1 aliphatic carbocycles. The SMILES string of the molecule is CCCCCCC(O)C1CCCCC1(C(=O)O)C(=O)O. The van der Waals surface area contributed by atoms with Crippen LogP contribution in [0.15, 0.2) is 0 Å². The van der Waals surface area contributed by atoms with Crippen LogP contribution in [0.3, 0.4) is 0 Å². The zero-order valence-electron chi connectivity index (χ0n) is 12.2. The summed E-state index contributed by atoms with van der Waals surface area (Å²) in [6, 6.07) is 0. The van der Waals surface area contributed by atoms with Crippen LogP contribution in [0.1, 0.15) is 64.7 Å².